The van der Waals surface area contributed by atoms with Gasteiger partial charge in [0.25, 0.3) is 0 Å². The average Bonchev–Trinajstić information content (AvgIpc) is 2.41. The van der Waals surface area contributed by atoms with Crippen molar-refractivity contribution in [3.63, 3.8) is 0 Å². The maximum Gasteiger partial charge on any atom is 0.118 e. The van der Waals surface area contributed by atoms with Crippen LogP contribution in [-0.4, -0.2) is 0 Å². The van der Waals surface area contributed by atoms with E-state index in [1.807, 2.05) is 0 Å². The maximum atomic E-state index is 5.31. The SMILES string of the molecule is CC1C=Cc2c(Br)coc21. The van der Waals surface area contributed by atoms with Crippen molar-refractivity contribution in [3.05, 3.63) is 28.1 Å². The first-order chi connectivity index (χ1) is 4.79. The Morgan fingerprint density at radius 2 is 2.40 bits per heavy atom. The van der Waals surface area contributed by atoms with Crippen LogP contribution in [0.2, 0.25) is 0 Å². The topological polar surface area (TPSA) is 13.1 Å². The molecule has 0 N–H and O–H groups in total. The summed E-state index contributed by atoms with van der Waals surface area (Å²) in [6.45, 7) is 2.12. The van der Waals surface area contributed by atoms with E-state index in [1.54, 1.807) is 6.26 Å². The van der Waals surface area contributed by atoms with Crippen molar-refractivity contribution in [2.75, 3.05) is 0 Å². The van der Waals surface area contributed by atoms with Gasteiger partial charge in [0.15, 0.2) is 0 Å². The molecule has 0 spiro atoms. The molecule has 0 aliphatic heterocycles. The smallest absolute Gasteiger partial charge is 0.118 e. The van der Waals surface area contributed by atoms with Gasteiger partial charge in [-0.2, -0.15) is 0 Å². The molecule has 0 bridgehead atoms. The van der Waals surface area contributed by atoms with Crippen molar-refractivity contribution >= 4 is 22.0 Å². The van der Waals surface area contributed by atoms with E-state index < -0.39 is 0 Å². The molecule has 1 aliphatic carbocycles. The van der Waals surface area contributed by atoms with E-state index in [4.69, 9.17) is 4.42 Å². The van der Waals surface area contributed by atoms with Crippen molar-refractivity contribution in [2.24, 2.45) is 0 Å². The third kappa shape index (κ3) is 0.686. The van der Waals surface area contributed by atoms with Crippen LogP contribution >= 0.6 is 15.9 Å². The molecule has 0 saturated heterocycles. The Bertz CT molecular complexity index is 285. The van der Waals surface area contributed by atoms with Crippen LogP contribution in [0.5, 0.6) is 0 Å². The Kier molecular flexibility index (Phi) is 1.24. The first-order valence-corrected chi connectivity index (χ1v) is 4.03. The van der Waals surface area contributed by atoms with Crippen molar-refractivity contribution in [1.82, 2.24) is 0 Å². The van der Waals surface area contributed by atoms with E-state index in [9.17, 15) is 0 Å². The molecule has 0 saturated carbocycles. The summed E-state index contributed by atoms with van der Waals surface area (Å²) in [4.78, 5) is 0. The molecule has 0 aromatic carbocycles. The molecule has 1 heterocycles. The van der Waals surface area contributed by atoms with Gasteiger partial charge in [0.1, 0.15) is 12.0 Å². The molecule has 10 heavy (non-hydrogen) atoms. The Balaban J connectivity index is 2.62. The predicted octanol–water partition coefficient (Wildman–Crippen LogP) is 3.17. The first kappa shape index (κ1) is 6.23. The van der Waals surface area contributed by atoms with E-state index in [0.29, 0.717) is 5.92 Å². The lowest BCUT2D eigenvalue weighted by atomic mass is 10.2. The number of hydrogen-bond acceptors (Lipinski definition) is 1. The minimum absolute atomic E-state index is 0.446. The monoisotopic (exact) mass is 198 g/mol. The van der Waals surface area contributed by atoms with E-state index in [1.165, 1.54) is 5.56 Å². The van der Waals surface area contributed by atoms with Crippen molar-refractivity contribution < 1.29 is 4.42 Å². The third-order valence-corrected chi connectivity index (χ3v) is 2.39. The van der Waals surface area contributed by atoms with Gasteiger partial charge in [-0.1, -0.05) is 19.1 Å². The summed E-state index contributed by atoms with van der Waals surface area (Å²) in [6, 6.07) is 0. The fourth-order valence-corrected chi connectivity index (χ4v) is 1.62. The highest BCUT2D eigenvalue weighted by Gasteiger charge is 2.18. The zero-order chi connectivity index (χ0) is 7.14. The second-order valence-corrected chi connectivity index (χ2v) is 3.36. The van der Waals surface area contributed by atoms with E-state index in [0.717, 1.165) is 10.2 Å². The minimum atomic E-state index is 0.446. The zero-order valence-electron chi connectivity index (χ0n) is 5.60. The zero-order valence-corrected chi connectivity index (χ0v) is 7.18. The van der Waals surface area contributed by atoms with Gasteiger partial charge in [-0.3, -0.25) is 0 Å². The third-order valence-electron chi connectivity index (χ3n) is 1.78. The molecule has 0 amide bonds. The van der Waals surface area contributed by atoms with Crippen molar-refractivity contribution in [3.8, 4) is 0 Å². The largest absolute Gasteiger partial charge is 0.467 e. The van der Waals surface area contributed by atoms with Crippen LogP contribution in [-0.2, 0) is 0 Å². The summed E-state index contributed by atoms with van der Waals surface area (Å²) < 4.78 is 6.37. The molecule has 0 fully saturated rings. The van der Waals surface area contributed by atoms with Gasteiger partial charge in [-0.15, -0.1) is 0 Å². The number of fused-ring (bicyclic) bond motifs is 1. The number of hydrogen-bond donors (Lipinski definition) is 0. The van der Waals surface area contributed by atoms with E-state index >= 15 is 0 Å². The molecule has 2 rings (SSSR count). The quantitative estimate of drug-likeness (QED) is 0.625. The highest BCUT2D eigenvalue weighted by molar-refractivity contribution is 9.10. The summed E-state index contributed by atoms with van der Waals surface area (Å²) in [5.74, 6) is 1.52. The number of furan rings is 1. The number of halogens is 1. The van der Waals surface area contributed by atoms with Gasteiger partial charge in [-0.05, 0) is 15.9 Å². The molecule has 1 atom stereocenters. The number of allylic oxidation sites excluding steroid dienone is 1. The fraction of sp³-hybridized carbons (Fsp3) is 0.250. The summed E-state index contributed by atoms with van der Waals surface area (Å²) in [5.41, 5.74) is 1.20. The normalized spacial score (nSPS) is 21.6. The predicted molar refractivity (Wildman–Crippen MR) is 43.9 cm³/mol. The summed E-state index contributed by atoms with van der Waals surface area (Å²) in [5, 5.41) is 0. The van der Waals surface area contributed by atoms with Crippen LogP contribution in [0.15, 0.2) is 21.2 Å². The maximum absolute atomic E-state index is 5.31. The van der Waals surface area contributed by atoms with Crippen LogP contribution in [0, 0.1) is 0 Å². The highest BCUT2D eigenvalue weighted by Crippen LogP contribution is 2.35. The molecule has 1 unspecified atom stereocenters. The van der Waals surface area contributed by atoms with E-state index in [-0.39, 0.29) is 0 Å². The molecular weight excluding hydrogens is 192 g/mol. The molecular formula is C8H7BrO. The Hall–Kier alpha value is -0.500. The molecule has 2 heteroatoms. The lowest BCUT2D eigenvalue weighted by Crippen LogP contribution is -1.79. The molecule has 0 radical (unpaired) electrons. The standard InChI is InChI=1S/C8H7BrO/c1-5-2-3-6-7(9)4-10-8(5)6/h2-5H,1H3. The summed E-state index contributed by atoms with van der Waals surface area (Å²) in [7, 11) is 0. The Morgan fingerprint density at radius 1 is 1.60 bits per heavy atom. The molecule has 1 aliphatic rings. The molecule has 1 aromatic heterocycles. The molecule has 1 aromatic rings. The Labute approximate surface area is 67.9 Å². The summed E-state index contributed by atoms with van der Waals surface area (Å²) >= 11 is 3.40. The lowest BCUT2D eigenvalue weighted by molar-refractivity contribution is 0.501. The van der Waals surface area contributed by atoms with E-state index in [2.05, 4.69) is 35.0 Å². The second kappa shape index (κ2) is 1.99. The van der Waals surface area contributed by atoms with Gasteiger partial charge in [0.2, 0.25) is 0 Å². The molecule has 52 valence electrons. The summed E-state index contributed by atoms with van der Waals surface area (Å²) in [6.07, 6.45) is 5.97. The first-order valence-electron chi connectivity index (χ1n) is 3.24. The van der Waals surface area contributed by atoms with Crippen molar-refractivity contribution in [1.29, 1.82) is 0 Å². The Morgan fingerprint density at radius 3 is 3.10 bits per heavy atom. The van der Waals surface area contributed by atoms with Crippen LogP contribution < -0.4 is 0 Å². The highest BCUT2D eigenvalue weighted by atomic mass is 79.9. The van der Waals surface area contributed by atoms with Gasteiger partial charge >= 0.3 is 0 Å². The lowest BCUT2D eigenvalue weighted by Gasteiger charge is -1.93. The van der Waals surface area contributed by atoms with Gasteiger partial charge in [0, 0.05) is 11.5 Å². The van der Waals surface area contributed by atoms with Crippen LogP contribution in [0.1, 0.15) is 24.2 Å². The van der Waals surface area contributed by atoms with Crippen LogP contribution in [0.3, 0.4) is 0 Å². The minimum Gasteiger partial charge on any atom is -0.467 e. The second-order valence-electron chi connectivity index (χ2n) is 2.51. The van der Waals surface area contributed by atoms with Gasteiger partial charge in [-0.25, -0.2) is 0 Å². The van der Waals surface area contributed by atoms with Gasteiger partial charge < -0.3 is 4.42 Å². The van der Waals surface area contributed by atoms with Crippen LogP contribution in [0.4, 0.5) is 0 Å². The molecule has 1 nitrogen and oxygen atoms in total. The average molecular weight is 199 g/mol. The van der Waals surface area contributed by atoms with Crippen molar-refractivity contribution in [2.45, 2.75) is 12.8 Å². The number of rotatable bonds is 0. The fourth-order valence-electron chi connectivity index (χ4n) is 1.20. The van der Waals surface area contributed by atoms with Crippen LogP contribution in [0.25, 0.3) is 6.08 Å². The van der Waals surface area contributed by atoms with Gasteiger partial charge in [0.05, 0.1) is 4.47 Å².